The Morgan fingerprint density at radius 3 is 2.33 bits per heavy atom. The van der Waals surface area contributed by atoms with Crippen molar-refractivity contribution < 1.29 is 33.8 Å². The summed E-state index contributed by atoms with van der Waals surface area (Å²) in [5.74, 6) is 0. The van der Waals surface area contributed by atoms with Crippen LogP contribution in [0.4, 0.5) is 0 Å². The monoisotopic (exact) mass is 242 g/mol. The molecule has 1 aliphatic carbocycles. The topological polar surface area (TPSA) is 116 Å². The van der Waals surface area contributed by atoms with Crippen LogP contribution in [0.3, 0.4) is 0 Å². The Kier molecular flexibility index (Phi) is 4.25. The summed E-state index contributed by atoms with van der Waals surface area (Å²) in [7, 11) is -3.34. The standard InChI is InChI=1S/C7H15O7P/c1-13-6-3-4(8)2-5(9)7(6)14-15(10,11)12/h4-9H,2-3H2,1H3,(H2,10,11,12)/t4-,5-,6-,7-/m1/s1. The lowest BCUT2D eigenvalue weighted by Gasteiger charge is -2.36. The van der Waals surface area contributed by atoms with Gasteiger partial charge in [0.25, 0.3) is 0 Å². The number of phosphoric ester groups is 1. The summed E-state index contributed by atoms with van der Waals surface area (Å²) in [5.41, 5.74) is 0. The van der Waals surface area contributed by atoms with Crippen molar-refractivity contribution in [2.45, 2.75) is 37.3 Å². The van der Waals surface area contributed by atoms with Crippen molar-refractivity contribution in [3.8, 4) is 0 Å². The van der Waals surface area contributed by atoms with Gasteiger partial charge in [0.1, 0.15) is 6.10 Å². The van der Waals surface area contributed by atoms with Crippen LogP contribution in [0.5, 0.6) is 0 Å². The van der Waals surface area contributed by atoms with Crippen molar-refractivity contribution in [3.05, 3.63) is 0 Å². The van der Waals surface area contributed by atoms with E-state index in [-0.39, 0.29) is 12.8 Å². The minimum atomic E-state index is -4.66. The minimum Gasteiger partial charge on any atom is -0.393 e. The van der Waals surface area contributed by atoms with E-state index in [9.17, 15) is 14.8 Å². The van der Waals surface area contributed by atoms with E-state index in [0.29, 0.717) is 0 Å². The molecule has 0 amide bonds. The van der Waals surface area contributed by atoms with Gasteiger partial charge in [-0.15, -0.1) is 0 Å². The van der Waals surface area contributed by atoms with Gasteiger partial charge in [0.2, 0.25) is 0 Å². The Morgan fingerprint density at radius 2 is 1.87 bits per heavy atom. The van der Waals surface area contributed by atoms with Crippen molar-refractivity contribution in [1.82, 2.24) is 0 Å². The number of methoxy groups -OCH3 is 1. The molecular weight excluding hydrogens is 227 g/mol. The number of ether oxygens (including phenoxy) is 1. The van der Waals surface area contributed by atoms with E-state index in [1.54, 1.807) is 0 Å². The highest BCUT2D eigenvalue weighted by atomic mass is 31.2. The van der Waals surface area contributed by atoms with E-state index in [0.717, 1.165) is 0 Å². The molecule has 0 radical (unpaired) electrons. The van der Waals surface area contributed by atoms with E-state index < -0.39 is 32.2 Å². The summed E-state index contributed by atoms with van der Waals surface area (Å²) in [5, 5.41) is 18.8. The van der Waals surface area contributed by atoms with Crippen LogP contribution in [0, 0.1) is 0 Å². The summed E-state index contributed by atoms with van der Waals surface area (Å²) in [4.78, 5) is 17.3. The molecule has 0 aromatic carbocycles. The van der Waals surface area contributed by atoms with Crippen molar-refractivity contribution in [3.63, 3.8) is 0 Å². The van der Waals surface area contributed by atoms with E-state index in [1.165, 1.54) is 7.11 Å². The highest BCUT2D eigenvalue weighted by Crippen LogP contribution is 2.41. The van der Waals surface area contributed by atoms with Crippen LogP contribution < -0.4 is 0 Å². The molecule has 1 aliphatic rings. The summed E-state index contributed by atoms with van der Waals surface area (Å²) < 4.78 is 20.0. The number of rotatable bonds is 3. The lowest BCUT2D eigenvalue weighted by molar-refractivity contribution is -0.124. The van der Waals surface area contributed by atoms with Crippen LogP contribution in [0.1, 0.15) is 12.8 Å². The van der Waals surface area contributed by atoms with Gasteiger partial charge in [-0.1, -0.05) is 0 Å². The van der Waals surface area contributed by atoms with Gasteiger partial charge in [0.15, 0.2) is 0 Å². The average Bonchev–Trinajstić information content (AvgIpc) is 2.07. The quantitative estimate of drug-likeness (QED) is 0.469. The Labute approximate surface area is 86.9 Å². The maximum atomic E-state index is 10.6. The van der Waals surface area contributed by atoms with Crippen LogP contribution in [0.25, 0.3) is 0 Å². The van der Waals surface area contributed by atoms with Crippen molar-refractivity contribution in [2.24, 2.45) is 0 Å². The minimum absolute atomic E-state index is 0.0184. The molecule has 0 aliphatic heterocycles. The maximum Gasteiger partial charge on any atom is 0.470 e. The zero-order valence-electron chi connectivity index (χ0n) is 8.18. The largest absolute Gasteiger partial charge is 0.470 e. The number of aliphatic hydroxyl groups is 2. The Balaban J connectivity index is 2.70. The zero-order valence-corrected chi connectivity index (χ0v) is 9.08. The van der Waals surface area contributed by atoms with Gasteiger partial charge in [-0.3, -0.25) is 4.52 Å². The van der Waals surface area contributed by atoms with Crippen molar-refractivity contribution >= 4 is 7.82 Å². The second-order valence-corrected chi connectivity index (χ2v) is 4.72. The fourth-order valence-corrected chi connectivity index (χ4v) is 2.28. The van der Waals surface area contributed by atoms with Crippen molar-refractivity contribution in [1.29, 1.82) is 0 Å². The van der Waals surface area contributed by atoms with Crippen LogP contribution in [0.2, 0.25) is 0 Å². The summed E-state index contributed by atoms with van der Waals surface area (Å²) in [6.07, 6.45) is -3.54. The predicted octanol–water partition coefficient (Wildman–Crippen LogP) is -1.01. The molecule has 1 saturated carbocycles. The molecule has 4 atom stereocenters. The van der Waals surface area contributed by atoms with Gasteiger partial charge in [-0.2, -0.15) is 0 Å². The fraction of sp³-hybridized carbons (Fsp3) is 1.00. The lowest BCUT2D eigenvalue weighted by atomic mass is 9.90. The summed E-state index contributed by atoms with van der Waals surface area (Å²) >= 11 is 0. The molecule has 8 heteroatoms. The van der Waals surface area contributed by atoms with Crippen LogP contribution >= 0.6 is 7.82 Å². The molecule has 1 fully saturated rings. The van der Waals surface area contributed by atoms with E-state index in [2.05, 4.69) is 4.52 Å². The molecule has 7 nitrogen and oxygen atoms in total. The average molecular weight is 242 g/mol. The smallest absolute Gasteiger partial charge is 0.393 e. The SMILES string of the molecule is CO[C@@H]1C[C@H](O)C[C@@H](O)[C@H]1OP(=O)(O)O. The van der Waals surface area contributed by atoms with Gasteiger partial charge in [-0.25, -0.2) is 4.57 Å². The third-order valence-corrected chi connectivity index (χ3v) is 2.84. The third-order valence-electron chi connectivity index (χ3n) is 2.33. The van der Waals surface area contributed by atoms with Gasteiger partial charge >= 0.3 is 7.82 Å². The van der Waals surface area contributed by atoms with E-state index in [1.807, 2.05) is 0 Å². The lowest BCUT2D eigenvalue weighted by Crippen LogP contribution is -2.48. The predicted molar refractivity (Wildman–Crippen MR) is 49.0 cm³/mol. The number of hydrogen-bond donors (Lipinski definition) is 4. The summed E-state index contributed by atoms with van der Waals surface area (Å²) in [6.45, 7) is 0. The highest BCUT2D eigenvalue weighted by molar-refractivity contribution is 7.46. The van der Waals surface area contributed by atoms with Crippen LogP contribution in [-0.2, 0) is 13.8 Å². The van der Waals surface area contributed by atoms with Gasteiger partial charge < -0.3 is 24.7 Å². The molecular formula is C7H15O7P. The van der Waals surface area contributed by atoms with Crippen molar-refractivity contribution in [2.75, 3.05) is 7.11 Å². The first-order valence-corrected chi connectivity index (χ1v) is 5.99. The molecule has 0 saturated heterocycles. The number of phosphoric acid groups is 1. The van der Waals surface area contributed by atoms with E-state index >= 15 is 0 Å². The van der Waals surface area contributed by atoms with Gasteiger partial charge in [0, 0.05) is 20.0 Å². The first kappa shape index (κ1) is 13.1. The maximum absolute atomic E-state index is 10.6. The molecule has 1 rings (SSSR count). The molecule has 0 heterocycles. The van der Waals surface area contributed by atoms with Gasteiger partial charge in [0.05, 0.1) is 18.3 Å². The molecule has 90 valence electrons. The Hall–Kier alpha value is -0.0100. The molecule has 0 unspecified atom stereocenters. The first-order valence-electron chi connectivity index (χ1n) is 4.46. The Bertz CT molecular complexity index is 252. The third kappa shape index (κ3) is 3.81. The molecule has 0 aromatic heterocycles. The first-order chi connectivity index (χ1) is 6.83. The van der Waals surface area contributed by atoms with Crippen LogP contribution in [0.15, 0.2) is 0 Å². The van der Waals surface area contributed by atoms with Crippen LogP contribution in [-0.4, -0.2) is 51.5 Å². The molecule has 4 N–H and O–H groups in total. The second-order valence-electron chi connectivity index (χ2n) is 3.53. The zero-order chi connectivity index (χ0) is 11.6. The number of aliphatic hydroxyl groups excluding tert-OH is 2. The highest BCUT2D eigenvalue weighted by Gasteiger charge is 2.40. The molecule has 15 heavy (non-hydrogen) atoms. The Morgan fingerprint density at radius 1 is 1.27 bits per heavy atom. The molecule has 0 spiro atoms. The summed E-state index contributed by atoms with van der Waals surface area (Å²) in [6, 6.07) is 0. The normalized spacial score (nSPS) is 37.9. The van der Waals surface area contributed by atoms with E-state index in [4.69, 9.17) is 14.5 Å². The van der Waals surface area contributed by atoms with Gasteiger partial charge in [-0.05, 0) is 0 Å². The number of hydrogen-bond acceptors (Lipinski definition) is 5. The molecule has 0 aromatic rings. The molecule has 0 bridgehead atoms. The second kappa shape index (κ2) is 4.88. The fourth-order valence-electron chi connectivity index (χ4n) is 1.69.